The van der Waals surface area contributed by atoms with Crippen molar-refractivity contribution in [1.82, 2.24) is 15.5 Å². The van der Waals surface area contributed by atoms with Gasteiger partial charge in [0.25, 0.3) is 0 Å². The minimum absolute atomic E-state index is 0.0298. The van der Waals surface area contributed by atoms with Crippen LogP contribution < -0.4 is 10.6 Å². The number of rotatable bonds is 9. The molecule has 3 N–H and O–H groups in total. The Morgan fingerprint density at radius 2 is 1.97 bits per heavy atom. The van der Waals surface area contributed by atoms with Crippen LogP contribution in [0.2, 0.25) is 0 Å². The summed E-state index contributed by atoms with van der Waals surface area (Å²) in [7, 11) is 0. The molecule has 0 saturated carbocycles. The van der Waals surface area contributed by atoms with Gasteiger partial charge in [-0.1, -0.05) is 12.1 Å². The molecule has 3 amide bonds. The summed E-state index contributed by atoms with van der Waals surface area (Å²) in [6, 6.07) is 4.00. The highest BCUT2D eigenvalue weighted by atomic mass is 19.1. The van der Waals surface area contributed by atoms with Gasteiger partial charge in [-0.2, -0.15) is 0 Å². The Morgan fingerprint density at radius 3 is 2.59 bits per heavy atom. The average Bonchev–Trinajstić information content (AvgIpc) is 3.20. The first kappa shape index (κ1) is 22.2. The Bertz CT molecular complexity index is 781. The number of hydrogen-bond donors (Lipinski definition) is 3. The maximum atomic E-state index is 13.0. The van der Waals surface area contributed by atoms with Crippen LogP contribution in [0.5, 0.6) is 0 Å². The SMILES string of the molecule is CC(=O)N1CCC[C@H]1C(=O)N[C@@H](CCC(=O)C=N)C(=O)NCc1ccc(F)cc1. The van der Waals surface area contributed by atoms with E-state index in [0.717, 1.165) is 0 Å². The van der Waals surface area contributed by atoms with Crippen molar-refractivity contribution >= 4 is 29.7 Å². The Labute approximate surface area is 168 Å². The molecule has 9 heteroatoms. The molecule has 1 aliphatic heterocycles. The molecule has 0 radical (unpaired) electrons. The van der Waals surface area contributed by atoms with Crippen molar-refractivity contribution in [1.29, 1.82) is 5.41 Å². The van der Waals surface area contributed by atoms with E-state index < -0.39 is 29.7 Å². The maximum absolute atomic E-state index is 13.0. The highest BCUT2D eigenvalue weighted by Crippen LogP contribution is 2.18. The molecule has 0 unspecified atom stereocenters. The minimum Gasteiger partial charge on any atom is -0.350 e. The van der Waals surface area contributed by atoms with Gasteiger partial charge in [-0.05, 0) is 37.0 Å². The molecule has 1 aromatic carbocycles. The summed E-state index contributed by atoms with van der Waals surface area (Å²) in [6.45, 7) is 2.01. The number of Topliss-reactive ketones (excluding diaryl/α,β-unsaturated/α-hetero) is 1. The van der Waals surface area contributed by atoms with Crippen LogP contribution in [-0.2, 0) is 25.7 Å². The second kappa shape index (κ2) is 10.4. The van der Waals surface area contributed by atoms with E-state index in [4.69, 9.17) is 5.41 Å². The van der Waals surface area contributed by atoms with Crippen molar-refractivity contribution in [2.24, 2.45) is 0 Å². The lowest BCUT2D eigenvalue weighted by atomic mass is 10.1. The first-order valence-corrected chi connectivity index (χ1v) is 9.45. The summed E-state index contributed by atoms with van der Waals surface area (Å²) in [5.74, 6) is -1.99. The second-order valence-electron chi connectivity index (χ2n) is 6.93. The van der Waals surface area contributed by atoms with E-state index >= 15 is 0 Å². The maximum Gasteiger partial charge on any atom is 0.243 e. The molecule has 1 saturated heterocycles. The number of likely N-dealkylation sites (tertiary alicyclic amines) is 1. The number of hydrogen-bond acceptors (Lipinski definition) is 5. The van der Waals surface area contributed by atoms with Gasteiger partial charge in [0.1, 0.15) is 17.9 Å². The molecule has 1 aromatic rings. The van der Waals surface area contributed by atoms with Crippen LogP contribution in [0.4, 0.5) is 4.39 Å². The van der Waals surface area contributed by atoms with Gasteiger partial charge < -0.3 is 20.9 Å². The van der Waals surface area contributed by atoms with Gasteiger partial charge in [-0.15, -0.1) is 0 Å². The first-order chi connectivity index (χ1) is 13.8. The van der Waals surface area contributed by atoms with Gasteiger partial charge in [0.15, 0.2) is 5.78 Å². The van der Waals surface area contributed by atoms with Gasteiger partial charge >= 0.3 is 0 Å². The zero-order valence-electron chi connectivity index (χ0n) is 16.2. The van der Waals surface area contributed by atoms with Gasteiger partial charge in [-0.3, -0.25) is 19.2 Å². The van der Waals surface area contributed by atoms with Crippen LogP contribution in [0.1, 0.15) is 38.2 Å². The van der Waals surface area contributed by atoms with E-state index in [0.29, 0.717) is 31.2 Å². The number of benzene rings is 1. The molecule has 156 valence electrons. The van der Waals surface area contributed by atoms with E-state index in [1.54, 1.807) is 0 Å². The fourth-order valence-electron chi connectivity index (χ4n) is 3.23. The van der Waals surface area contributed by atoms with Crippen LogP contribution in [0.25, 0.3) is 0 Å². The third-order valence-corrected chi connectivity index (χ3v) is 4.81. The number of amides is 3. The molecular weight excluding hydrogens is 379 g/mol. The molecule has 1 aliphatic rings. The molecule has 0 aliphatic carbocycles. The van der Waals surface area contributed by atoms with Crippen molar-refractivity contribution in [3.63, 3.8) is 0 Å². The Morgan fingerprint density at radius 1 is 1.28 bits per heavy atom. The highest BCUT2D eigenvalue weighted by molar-refractivity contribution is 6.26. The Kier molecular flexibility index (Phi) is 7.99. The summed E-state index contributed by atoms with van der Waals surface area (Å²) in [5, 5.41) is 12.3. The Balaban J connectivity index is 2.02. The molecule has 0 bridgehead atoms. The van der Waals surface area contributed by atoms with E-state index in [9.17, 15) is 23.6 Å². The van der Waals surface area contributed by atoms with E-state index in [1.165, 1.54) is 36.1 Å². The standard InChI is InChI=1S/C20H25FN4O4/c1-13(26)25-10-2-3-18(25)20(29)24-17(9-8-16(27)11-22)19(28)23-12-14-4-6-15(21)7-5-14/h4-7,11,17-18,22H,2-3,8-10,12H2,1H3,(H,23,28)(H,24,29)/t17-,18-/m0/s1. The minimum atomic E-state index is -0.985. The lowest BCUT2D eigenvalue weighted by Crippen LogP contribution is -2.52. The predicted molar refractivity (Wildman–Crippen MR) is 104 cm³/mol. The third-order valence-electron chi connectivity index (χ3n) is 4.81. The van der Waals surface area contributed by atoms with Crippen molar-refractivity contribution in [2.45, 2.75) is 51.2 Å². The van der Waals surface area contributed by atoms with Gasteiger partial charge in [-0.25, -0.2) is 4.39 Å². The largest absolute Gasteiger partial charge is 0.350 e. The molecule has 1 fully saturated rings. The van der Waals surface area contributed by atoms with Crippen LogP contribution in [0.15, 0.2) is 24.3 Å². The zero-order chi connectivity index (χ0) is 21.4. The molecule has 8 nitrogen and oxygen atoms in total. The van der Waals surface area contributed by atoms with Crippen molar-refractivity contribution < 1.29 is 23.6 Å². The number of nitrogens with zero attached hydrogens (tertiary/aromatic N) is 1. The monoisotopic (exact) mass is 404 g/mol. The van der Waals surface area contributed by atoms with Crippen LogP contribution in [0, 0.1) is 11.2 Å². The first-order valence-electron chi connectivity index (χ1n) is 9.45. The predicted octanol–water partition coefficient (Wildman–Crippen LogP) is 0.936. The van der Waals surface area contributed by atoms with Gasteiger partial charge in [0.05, 0.1) is 6.21 Å². The number of nitrogens with one attached hydrogen (secondary N) is 3. The zero-order valence-corrected chi connectivity index (χ0v) is 16.2. The van der Waals surface area contributed by atoms with Crippen molar-refractivity contribution in [3.8, 4) is 0 Å². The molecule has 2 rings (SSSR count). The van der Waals surface area contributed by atoms with E-state index in [1.807, 2.05) is 0 Å². The lowest BCUT2D eigenvalue weighted by molar-refractivity contribution is -0.138. The van der Waals surface area contributed by atoms with Crippen LogP contribution in [0.3, 0.4) is 0 Å². The topological polar surface area (TPSA) is 119 Å². The van der Waals surface area contributed by atoms with E-state index in [-0.39, 0.29) is 31.1 Å². The molecular formula is C20H25FN4O4. The Hall–Kier alpha value is -3.10. The smallest absolute Gasteiger partial charge is 0.243 e. The van der Waals surface area contributed by atoms with Crippen LogP contribution in [-0.4, -0.2) is 53.2 Å². The molecule has 1 heterocycles. The normalized spacial score (nSPS) is 16.8. The quantitative estimate of drug-likeness (QED) is 0.531. The van der Waals surface area contributed by atoms with Crippen molar-refractivity contribution in [3.05, 3.63) is 35.6 Å². The molecule has 2 atom stereocenters. The summed E-state index contributed by atoms with van der Waals surface area (Å²) in [4.78, 5) is 49.9. The fourth-order valence-corrected chi connectivity index (χ4v) is 3.23. The number of carbonyl (C=O) groups is 4. The van der Waals surface area contributed by atoms with Crippen molar-refractivity contribution in [2.75, 3.05) is 6.54 Å². The number of carbonyl (C=O) groups excluding carboxylic acids is 4. The number of halogens is 1. The summed E-state index contributed by atoms with van der Waals surface area (Å²) < 4.78 is 13.0. The summed E-state index contributed by atoms with van der Waals surface area (Å²) in [5.41, 5.74) is 0.680. The van der Waals surface area contributed by atoms with E-state index in [2.05, 4.69) is 10.6 Å². The fraction of sp³-hybridized carbons (Fsp3) is 0.450. The molecule has 0 spiro atoms. The molecule has 29 heavy (non-hydrogen) atoms. The number of ketones is 1. The van der Waals surface area contributed by atoms with Gasteiger partial charge in [0, 0.05) is 26.4 Å². The lowest BCUT2D eigenvalue weighted by Gasteiger charge is -2.25. The summed E-state index contributed by atoms with van der Waals surface area (Å²) in [6.07, 6.45) is 1.84. The highest BCUT2D eigenvalue weighted by Gasteiger charge is 2.34. The average molecular weight is 404 g/mol. The third kappa shape index (κ3) is 6.48. The molecule has 0 aromatic heterocycles. The van der Waals surface area contributed by atoms with Crippen LogP contribution >= 0.6 is 0 Å². The second-order valence-corrected chi connectivity index (χ2v) is 6.93. The van der Waals surface area contributed by atoms with Gasteiger partial charge in [0.2, 0.25) is 17.7 Å². The summed E-state index contributed by atoms with van der Waals surface area (Å²) >= 11 is 0.